The van der Waals surface area contributed by atoms with Crippen molar-refractivity contribution in [2.24, 2.45) is 0 Å². The summed E-state index contributed by atoms with van der Waals surface area (Å²) in [5.74, 6) is 0. The molecule has 1 N–H and O–H groups in total. The van der Waals surface area contributed by atoms with Gasteiger partial charge in [0.25, 0.3) is 0 Å². The molecule has 0 aromatic carbocycles. The zero-order chi connectivity index (χ0) is 12.7. The van der Waals surface area contributed by atoms with E-state index in [-0.39, 0.29) is 0 Å². The van der Waals surface area contributed by atoms with Gasteiger partial charge in [-0.05, 0) is 38.2 Å². The number of fused-ring (bicyclic) bond motifs is 1. The van der Waals surface area contributed by atoms with Crippen LogP contribution in [0.2, 0.25) is 0 Å². The fourth-order valence-electron chi connectivity index (χ4n) is 1.91. The van der Waals surface area contributed by atoms with Gasteiger partial charge in [0, 0.05) is 16.8 Å². The predicted molar refractivity (Wildman–Crippen MR) is 75.6 cm³/mol. The number of pyridine rings is 1. The Morgan fingerprint density at radius 1 is 1.39 bits per heavy atom. The van der Waals surface area contributed by atoms with Crippen molar-refractivity contribution >= 4 is 34.7 Å². The van der Waals surface area contributed by atoms with Crippen molar-refractivity contribution in [3.05, 3.63) is 38.7 Å². The number of aromatic amines is 1. The monoisotopic (exact) mass is 276 g/mol. The molecule has 92 valence electrons. The van der Waals surface area contributed by atoms with Gasteiger partial charge in [0.1, 0.15) is 0 Å². The van der Waals surface area contributed by atoms with E-state index < -0.39 is 0 Å². The van der Waals surface area contributed by atoms with Crippen molar-refractivity contribution in [1.82, 2.24) is 19.5 Å². The quantitative estimate of drug-likeness (QED) is 0.731. The van der Waals surface area contributed by atoms with Gasteiger partial charge in [-0.1, -0.05) is 0 Å². The second kappa shape index (κ2) is 4.29. The van der Waals surface area contributed by atoms with Crippen LogP contribution in [-0.2, 0) is 6.54 Å². The van der Waals surface area contributed by atoms with Gasteiger partial charge >= 0.3 is 0 Å². The van der Waals surface area contributed by atoms with E-state index >= 15 is 0 Å². The summed E-state index contributed by atoms with van der Waals surface area (Å²) in [6.07, 6.45) is 1.90. The van der Waals surface area contributed by atoms with Gasteiger partial charge in [0.15, 0.2) is 10.4 Å². The van der Waals surface area contributed by atoms with Crippen LogP contribution in [-0.4, -0.2) is 19.5 Å². The highest BCUT2D eigenvalue weighted by Crippen LogP contribution is 2.18. The molecule has 0 unspecified atom stereocenters. The van der Waals surface area contributed by atoms with Crippen LogP contribution in [0.15, 0.2) is 18.3 Å². The molecule has 0 saturated heterocycles. The lowest BCUT2D eigenvalue weighted by Crippen LogP contribution is -1.99. The number of aryl methyl sites for hydroxylation is 2. The van der Waals surface area contributed by atoms with Crippen LogP contribution in [0.3, 0.4) is 0 Å². The minimum Gasteiger partial charge on any atom is -0.329 e. The summed E-state index contributed by atoms with van der Waals surface area (Å²) in [5, 5.41) is 1.07. The zero-order valence-corrected chi connectivity index (χ0v) is 11.7. The molecule has 0 spiro atoms. The number of H-pyrrole nitrogens is 1. The smallest absolute Gasteiger partial charge is 0.179 e. The van der Waals surface area contributed by atoms with Crippen LogP contribution in [0.5, 0.6) is 0 Å². The van der Waals surface area contributed by atoms with E-state index in [1.54, 1.807) is 11.3 Å². The normalized spacial score (nSPS) is 11.2. The van der Waals surface area contributed by atoms with Crippen LogP contribution in [0, 0.1) is 18.6 Å². The Hall–Kier alpha value is -1.53. The van der Waals surface area contributed by atoms with E-state index in [1.807, 2.05) is 36.7 Å². The Balaban J connectivity index is 2.13. The molecule has 0 radical (unpaired) electrons. The summed E-state index contributed by atoms with van der Waals surface area (Å²) >= 11 is 7.04. The second-order valence-corrected chi connectivity index (χ2v) is 5.89. The highest BCUT2D eigenvalue weighted by Gasteiger charge is 2.08. The summed E-state index contributed by atoms with van der Waals surface area (Å²) in [6.45, 7) is 4.71. The Morgan fingerprint density at radius 3 is 2.94 bits per heavy atom. The predicted octanol–water partition coefficient (Wildman–Crippen LogP) is 3.22. The molecule has 0 aliphatic rings. The maximum absolute atomic E-state index is 5.35. The molecule has 0 aliphatic heterocycles. The van der Waals surface area contributed by atoms with Gasteiger partial charge in [-0.2, -0.15) is 0 Å². The second-order valence-electron chi connectivity index (χ2n) is 4.19. The molecule has 3 heterocycles. The van der Waals surface area contributed by atoms with Gasteiger partial charge in [-0.15, -0.1) is 11.3 Å². The lowest BCUT2D eigenvalue weighted by Gasteiger charge is -2.01. The highest BCUT2D eigenvalue weighted by atomic mass is 32.1. The first-order valence-corrected chi connectivity index (χ1v) is 6.83. The van der Waals surface area contributed by atoms with E-state index in [0.717, 1.165) is 28.4 Å². The van der Waals surface area contributed by atoms with Crippen molar-refractivity contribution in [2.45, 2.75) is 20.4 Å². The fourth-order valence-corrected chi connectivity index (χ4v) is 2.95. The van der Waals surface area contributed by atoms with E-state index in [9.17, 15) is 0 Å². The number of thiazole rings is 1. The van der Waals surface area contributed by atoms with Crippen LogP contribution < -0.4 is 0 Å². The first-order valence-electron chi connectivity index (χ1n) is 5.61. The third kappa shape index (κ3) is 1.97. The third-order valence-corrected chi connectivity index (χ3v) is 3.96. The standard InChI is InChI=1S/C12H12N4S2/c1-7-3-4-10-11(14-7)16(12(17)15-10)6-9-5-13-8(2)18-9/h3-5H,6H2,1-2H3,(H,15,17). The summed E-state index contributed by atoms with van der Waals surface area (Å²) in [7, 11) is 0. The first-order chi connectivity index (χ1) is 8.63. The molecule has 0 amide bonds. The van der Waals surface area contributed by atoms with Crippen LogP contribution >= 0.6 is 23.6 Å². The van der Waals surface area contributed by atoms with E-state index in [2.05, 4.69) is 15.0 Å². The zero-order valence-electron chi connectivity index (χ0n) is 10.1. The summed E-state index contributed by atoms with van der Waals surface area (Å²) < 4.78 is 2.72. The molecule has 6 heteroatoms. The Morgan fingerprint density at radius 2 is 2.22 bits per heavy atom. The van der Waals surface area contributed by atoms with E-state index in [1.165, 1.54) is 4.88 Å². The number of rotatable bonds is 2. The minimum atomic E-state index is 0.703. The molecule has 3 aromatic rings. The molecular formula is C12H12N4S2. The van der Waals surface area contributed by atoms with Gasteiger partial charge in [-0.25, -0.2) is 9.97 Å². The molecule has 4 nitrogen and oxygen atoms in total. The summed E-state index contributed by atoms with van der Waals surface area (Å²) in [4.78, 5) is 13.2. The summed E-state index contributed by atoms with van der Waals surface area (Å²) in [5.41, 5.74) is 2.88. The fraction of sp³-hybridized carbons (Fsp3) is 0.250. The van der Waals surface area contributed by atoms with Gasteiger partial charge in [0.2, 0.25) is 0 Å². The SMILES string of the molecule is Cc1ccc2[nH]c(=S)n(Cc3cnc(C)s3)c2n1. The van der Waals surface area contributed by atoms with Crippen LogP contribution in [0.1, 0.15) is 15.6 Å². The molecule has 0 fully saturated rings. The summed E-state index contributed by atoms with van der Waals surface area (Å²) in [6, 6.07) is 4.00. The maximum Gasteiger partial charge on any atom is 0.179 e. The molecule has 18 heavy (non-hydrogen) atoms. The van der Waals surface area contributed by atoms with Gasteiger partial charge in [0.05, 0.1) is 17.1 Å². The molecule has 0 bridgehead atoms. The van der Waals surface area contributed by atoms with Gasteiger partial charge in [-0.3, -0.25) is 4.57 Å². The van der Waals surface area contributed by atoms with E-state index in [4.69, 9.17) is 12.2 Å². The number of nitrogens with zero attached hydrogens (tertiary/aromatic N) is 3. The van der Waals surface area contributed by atoms with Crippen molar-refractivity contribution in [3.63, 3.8) is 0 Å². The topological polar surface area (TPSA) is 46.5 Å². The average molecular weight is 276 g/mol. The van der Waals surface area contributed by atoms with Crippen molar-refractivity contribution < 1.29 is 0 Å². The maximum atomic E-state index is 5.35. The van der Waals surface area contributed by atoms with Crippen LogP contribution in [0.4, 0.5) is 0 Å². The van der Waals surface area contributed by atoms with E-state index in [0.29, 0.717) is 4.77 Å². The number of hydrogen-bond donors (Lipinski definition) is 1. The lowest BCUT2D eigenvalue weighted by atomic mass is 10.3. The molecular weight excluding hydrogens is 264 g/mol. The Kier molecular flexibility index (Phi) is 2.76. The Labute approximate surface area is 113 Å². The molecule has 0 aliphatic carbocycles. The first kappa shape index (κ1) is 11.6. The van der Waals surface area contributed by atoms with Crippen molar-refractivity contribution in [3.8, 4) is 0 Å². The molecule has 3 aromatic heterocycles. The highest BCUT2D eigenvalue weighted by molar-refractivity contribution is 7.71. The largest absolute Gasteiger partial charge is 0.329 e. The third-order valence-electron chi connectivity index (χ3n) is 2.74. The number of aromatic nitrogens is 4. The minimum absolute atomic E-state index is 0.703. The van der Waals surface area contributed by atoms with Crippen molar-refractivity contribution in [2.75, 3.05) is 0 Å². The molecule has 0 atom stereocenters. The van der Waals surface area contributed by atoms with Gasteiger partial charge < -0.3 is 4.98 Å². The number of nitrogens with one attached hydrogen (secondary N) is 1. The van der Waals surface area contributed by atoms with Crippen molar-refractivity contribution in [1.29, 1.82) is 0 Å². The molecule has 0 saturated carbocycles. The molecule has 3 rings (SSSR count). The number of imidazole rings is 1. The number of hydrogen-bond acceptors (Lipinski definition) is 4. The van der Waals surface area contributed by atoms with Crippen LogP contribution in [0.25, 0.3) is 11.2 Å². The Bertz CT molecular complexity index is 766. The lowest BCUT2D eigenvalue weighted by molar-refractivity contribution is 0.809. The average Bonchev–Trinajstić information content (AvgIpc) is 2.86.